The van der Waals surface area contributed by atoms with E-state index in [0.717, 1.165) is 31.2 Å². The molecule has 0 aliphatic carbocycles. The summed E-state index contributed by atoms with van der Waals surface area (Å²) in [6.07, 6.45) is 0.154. The molecule has 0 spiro atoms. The van der Waals surface area contributed by atoms with Crippen molar-refractivity contribution >= 4 is 0 Å². The second-order valence-electron chi connectivity index (χ2n) is 5.34. The lowest BCUT2D eigenvalue weighted by Gasteiger charge is -2.35. The Labute approximate surface area is 119 Å². The monoisotopic (exact) mass is 278 g/mol. The summed E-state index contributed by atoms with van der Waals surface area (Å²) in [5, 5.41) is 3.37. The fourth-order valence-electron chi connectivity index (χ4n) is 2.83. The van der Waals surface area contributed by atoms with Gasteiger partial charge in [0, 0.05) is 13.1 Å². The number of hydrogen-bond donors (Lipinski definition) is 1. The summed E-state index contributed by atoms with van der Waals surface area (Å²) >= 11 is 0. The van der Waals surface area contributed by atoms with E-state index in [4.69, 9.17) is 14.2 Å². The van der Waals surface area contributed by atoms with E-state index in [0.29, 0.717) is 13.2 Å². The second-order valence-corrected chi connectivity index (χ2v) is 5.34. The zero-order valence-corrected chi connectivity index (χ0v) is 12.1. The van der Waals surface area contributed by atoms with Gasteiger partial charge in [0.2, 0.25) is 0 Å². The van der Waals surface area contributed by atoms with Gasteiger partial charge in [0.15, 0.2) is 11.5 Å². The first kappa shape index (κ1) is 13.7. The molecule has 1 N–H and O–H groups in total. The van der Waals surface area contributed by atoms with Gasteiger partial charge in [-0.25, -0.2) is 0 Å². The first-order chi connectivity index (χ1) is 9.78. The van der Waals surface area contributed by atoms with Gasteiger partial charge in [0.1, 0.15) is 13.2 Å². The van der Waals surface area contributed by atoms with Gasteiger partial charge in [-0.15, -0.1) is 0 Å². The number of rotatable bonds is 3. The molecule has 0 amide bonds. The largest absolute Gasteiger partial charge is 0.486 e. The average Bonchev–Trinajstić information content (AvgIpc) is 2.48. The lowest BCUT2D eigenvalue weighted by Crippen LogP contribution is -2.46. The molecule has 110 valence electrons. The van der Waals surface area contributed by atoms with Crippen LogP contribution in [0.1, 0.15) is 11.6 Å². The number of hydrogen-bond acceptors (Lipinski definition) is 5. The van der Waals surface area contributed by atoms with Crippen molar-refractivity contribution in [3.05, 3.63) is 23.8 Å². The molecule has 1 fully saturated rings. The molecule has 5 nitrogen and oxygen atoms in total. The van der Waals surface area contributed by atoms with Crippen LogP contribution in [0.4, 0.5) is 0 Å². The van der Waals surface area contributed by atoms with Crippen molar-refractivity contribution < 1.29 is 14.2 Å². The molecule has 0 bridgehead atoms. The number of likely N-dealkylation sites (N-methyl/N-ethyl adjacent to an activating group) is 2. The zero-order chi connectivity index (χ0) is 13.9. The van der Waals surface area contributed by atoms with Crippen molar-refractivity contribution in [1.29, 1.82) is 0 Å². The predicted octanol–water partition coefficient (Wildman–Crippen LogP) is 1.05. The maximum Gasteiger partial charge on any atom is 0.161 e. The molecule has 2 atom stereocenters. The average molecular weight is 278 g/mol. The fourth-order valence-corrected chi connectivity index (χ4v) is 2.83. The topological polar surface area (TPSA) is 43.0 Å². The number of ether oxygens (including phenoxy) is 3. The Morgan fingerprint density at radius 2 is 2.00 bits per heavy atom. The second kappa shape index (κ2) is 5.99. The Morgan fingerprint density at radius 3 is 2.75 bits per heavy atom. The van der Waals surface area contributed by atoms with Crippen molar-refractivity contribution in [1.82, 2.24) is 10.2 Å². The number of nitrogens with zero attached hydrogens (tertiary/aromatic N) is 1. The molecule has 20 heavy (non-hydrogen) atoms. The van der Waals surface area contributed by atoms with E-state index in [1.54, 1.807) is 0 Å². The van der Waals surface area contributed by atoms with Gasteiger partial charge in [0.05, 0.1) is 18.8 Å². The van der Waals surface area contributed by atoms with E-state index in [1.807, 2.05) is 13.1 Å². The Kier molecular flexibility index (Phi) is 4.10. The molecule has 0 aromatic heterocycles. The van der Waals surface area contributed by atoms with Crippen LogP contribution in [0.5, 0.6) is 11.5 Å². The molecule has 1 aromatic rings. The van der Waals surface area contributed by atoms with Crippen LogP contribution in [0.25, 0.3) is 0 Å². The minimum Gasteiger partial charge on any atom is -0.486 e. The predicted molar refractivity (Wildman–Crippen MR) is 76.5 cm³/mol. The van der Waals surface area contributed by atoms with Gasteiger partial charge in [-0.3, -0.25) is 0 Å². The van der Waals surface area contributed by atoms with Crippen LogP contribution < -0.4 is 14.8 Å². The highest BCUT2D eigenvalue weighted by Gasteiger charge is 2.28. The lowest BCUT2D eigenvalue weighted by atomic mass is 9.99. The van der Waals surface area contributed by atoms with Crippen LogP contribution in [0.15, 0.2) is 18.2 Å². The van der Waals surface area contributed by atoms with E-state index >= 15 is 0 Å². The zero-order valence-electron chi connectivity index (χ0n) is 12.1. The van der Waals surface area contributed by atoms with Crippen LogP contribution in [0, 0.1) is 0 Å². The third kappa shape index (κ3) is 2.75. The molecule has 1 aromatic carbocycles. The molecule has 2 heterocycles. The van der Waals surface area contributed by atoms with Crippen LogP contribution in [-0.2, 0) is 4.74 Å². The molecule has 2 unspecified atom stereocenters. The molecule has 0 saturated carbocycles. The van der Waals surface area contributed by atoms with Crippen LogP contribution in [-0.4, -0.2) is 58.0 Å². The van der Waals surface area contributed by atoms with Crippen LogP contribution in [0.3, 0.4) is 0 Å². The molecule has 3 rings (SSSR count). The lowest BCUT2D eigenvalue weighted by molar-refractivity contribution is -0.0380. The molecular weight excluding hydrogens is 256 g/mol. The maximum absolute atomic E-state index is 5.92. The third-order valence-corrected chi connectivity index (χ3v) is 3.90. The summed E-state index contributed by atoms with van der Waals surface area (Å²) in [6.45, 7) is 3.94. The van der Waals surface area contributed by atoms with Crippen LogP contribution >= 0.6 is 0 Å². The molecule has 1 saturated heterocycles. The molecular formula is C15H22N2O3. The van der Waals surface area contributed by atoms with E-state index in [1.165, 1.54) is 5.56 Å². The van der Waals surface area contributed by atoms with E-state index in [9.17, 15) is 0 Å². The van der Waals surface area contributed by atoms with Crippen molar-refractivity contribution in [2.24, 2.45) is 0 Å². The molecule has 5 heteroatoms. The molecule has 0 radical (unpaired) electrons. The summed E-state index contributed by atoms with van der Waals surface area (Å²) < 4.78 is 17.2. The number of nitrogens with one attached hydrogen (secondary N) is 1. The quantitative estimate of drug-likeness (QED) is 0.895. The Bertz CT molecular complexity index is 466. The van der Waals surface area contributed by atoms with Crippen molar-refractivity contribution in [2.45, 2.75) is 12.1 Å². The van der Waals surface area contributed by atoms with Crippen molar-refractivity contribution in [2.75, 3.05) is 47.0 Å². The van der Waals surface area contributed by atoms with Crippen molar-refractivity contribution in [3.8, 4) is 11.5 Å². The molecule has 2 aliphatic rings. The van der Waals surface area contributed by atoms with E-state index < -0.39 is 0 Å². The number of morpholine rings is 1. The van der Waals surface area contributed by atoms with Gasteiger partial charge in [-0.1, -0.05) is 6.07 Å². The Morgan fingerprint density at radius 1 is 1.20 bits per heavy atom. The first-order valence-corrected chi connectivity index (χ1v) is 7.15. The summed E-state index contributed by atoms with van der Waals surface area (Å²) in [5.41, 5.74) is 1.18. The number of benzene rings is 1. The highest BCUT2D eigenvalue weighted by atomic mass is 16.6. The minimum absolute atomic E-state index is 0.154. The van der Waals surface area contributed by atoms with Gasteiger partial charge in [-0.05, 0) is 31.8 Å². The normalized spacial score (nSPS) is 24.4. The summed E-state index contributed by atoms with van der Waals surface area (Å²) in [5.74, 6) is 1.66. The number of fused-ring (bicyclic) bond motifs is 1. The SMILES string of the molecule is CNC(c1ccc2c(c1)OCCO2)C1CN(C)CCO1. The summed E-state index contributed by atoms with van der Waals surface area (Å²) in [7, 11) is 4.10. The highest BCUT2D eigenvalue weighted by molar-refractivity contribution is 5.45. The first-order valence-electron chi connectivity index (χ1n) is 7.15. The summed E-state index contributed by atoms with van der Waals surface area (Å²) in [6, 6.07) is 6.30. The maximum atomic E-state index is 5.92. The van der Waals surface area contributed by atoms with Gasteiger partial charge in [0.25, 0.3) is 0 Å². The highest BCUT2D eigenvalue weighted by Crippen LogP contribution is 2.34. The van der Waals surface area contributed by atoms with Gasteiger partial charge in [-0.2, -0.15) is 0 Å². The van der Waals surface area contributed by atoms with Crippen molar-refractivity contribution in [3.63, 3.8) is 0 Å². The van der Waals surface area contributed by atoms with Gasteiger partial charge >= 0.3 is 0 Å². The minimum atomic E-state index is 0.154. The smallest absolute Gasteiger partial charge is 0.161 e. The van der Waals surface area contributed by atoms with Crippen LogP contribution in [0.2, 0.25) is 0 Å². The van der Waals surface area contributed by atoms with E-state index in [2.05, 4.69) is 29.4 Å². The third-order valence-electron chi connectivity index (χ3n) is 3.90. The fraction of sp³-hybridized carbons (Fsp3) is 0.600. The van der Waals surface area contributed by atoms with Gasteiger partial charge < -0.3 is 24.4 Å². The molecule has 2 aliphatic heterocycles. The summed E-state index contributed by atoms with van der Waals surface area (Å²) in [4.78, 5) is 2.30. The Hall–Kier alpha value is -1.30. The van der Waals surface area contributed by atoms with E-state index in [-0.39, 0.29) is 12.1 Å². The Balaban J connectivity index is 1.81. The standard InChI is InChI=1S/C15H22N2O3/c1-16-15(14-10-17(2)5-6-18-14)11-3-4-12-13(9-11)20-8-7-19-12/h3-4,9,14-16H,5-8,10H2,1-2H3.